The van der Waals surface area contributed by atoms with Crippen LogP contribution in [0, 0.1) is 13.8 Å². The Balaban J connectivity index is 2.32. The maximum Gasteiger partial charge on any atom is 0.348 e. The molecule has 1 N–H and O–H groups in total. The Bertz CT molecular complexity index is 1330. The van der Waals surface area contributed by atoms with Gasteiger partial charge in [-0.15, -0.1) is 11.3 Å². The molecule has 0 atom stereocenters. The van der Waals surface area contributed by atoms with E-state index in [2.05, 4.69) is 0 Å². The summed E-state index contributed by atoms with van der Waals surface area (Å²) in [5.74, 6) is -1.88. The molecule has 0 aliphatic rings. The van der Waals surface area contributed by atoms with Gasteiger partial charge in [-0.05, 0) is 57.7 Å². The third kappa shape index (κ3) is 3.88. The number of hydrogen-bond acceptors (Lipinski definition) is 6. The van der Waals surface area contributed by atoms with Gasteiger partial charge in [-0.1, -0.05) is 24.3 Å². The molecule has 170 valence electrons. The van der Waals surface area contributed by atoms with Gasteiger partial charge in [0.15, 0.2) is 0 Å². The maximum atomic E-state index is 13.4. The molecule has 8 nitrogen and oxygen atoms in total. The molecule has 1 aromatic carbocycles. The zero-order valence-electron chi connectivity index (χ0n) is 18.7. The minimum atomic E-state index is -1.77. The smallest absolute Gasteiger partial charge is 0.348 e. The lowest BCUT2D eigenvalue weighted by Crippen LogP contribution is -2.52. The van der Waals surface area contributed by atoms with Crippen molar-refractivity contribution >= 4 is 33.5 Å². The van der Waals surface area contributed by atoms with Crippen LogP contribution in [0.4, 0.5) is 0 Å². The second kappa shape index (κ2) is 8.74. The van der Waals surface area contributed by atoms with Crippen LogP contribution < -0.4 is 11.2 Å². The summed E-state index contributed by atoms with van der Waals surface area (Å²) in [5, 5.41) is 9.87. The molecule has 0 spiro atoms. The fraction of sp³-hybridized carbons (Fsp3) is 0.391. The summed E-state index contributed by atoms with van der Waals surface area (Å²) in [6.45, 7) is 8.27. The molecule has 32 heavy (non-hydrogen) atoms. The Hall–Kier alpha value is -3.20. The molecule has 3 rings (SSSR count). The average molecular weight is 459 g/mol. The molecule has 0 bridgehead atoms. The summed E-state index contributed by atoms with van der Waals surface area (Å²) >= 11 is 1.02. The molecule has 0 fully saturated rings. The van der Waals surface area contributed by atoms with E-state index in [0.717, 1.165) is 27.0 Å². The van der Waals surface area contributed by atoms with Crippen LogP contribution in [0.1, 0.15) is 47.1 Å². The summed E-state index contributed by atoms with van der Waals surface area (Å²) < 4.78 is 7.28. The van der Waals surface area contributed by atoms with Crippen LogP contribution in [0.15, 0.2) is 33.9 Å². The first-order valence-electron chi connectivity index (χ1n) is 10.3. The summed E-state index contributed by atoms with van der Waals surface area (Å²) in [7, 11) is 0. The fourth-order valence-electron chi connectivity index (χ4n) is 3.65. The van der Waals surface area contributed by atoms with E-state index in [9.17, 15) is 24.3 Å². The number of thiophene rings is 1. The van der Waals surface area contributed by atoms with Gasteiger partial charge in [0.25, 0.3) is 5.56 Å². The lowest BCUT2D eigenvalue weighted by molar-refractivity contribution is -0.146. The number of aryl methyl sites for hydroxylation is 4. The number of carbonyl (C=O) groups excluding carboxylic acids is 1. The SMILES string of the molecule is CCOC(=O)c1sc2c(c1C)c(=O)n(C(C)(C)C(=O)O)c(=O)n2CCc1ccccc1C. The predicted octanol–water partition coefficient (Wildman–Crippen LogP) is 3.08. The van der Waals surface area contributed by atoms with Gasteiger partial charge in [0.1, 0.15) is 15.2 Å². The van der Waals surface area contributed by atoms with Gasteiger partial charge in [0, 0.05) is 6.54 Å². The third-order valence-corrected chi connectivity index (χ3v) is 6.92. The highest BCUT2D eigenvalue weighted by atomic mass is 32.1. The van der Waals surface area contributed by atoms with Gasteiger partial charge in [0.05, 0.1) is 12.0 Å². The van der Waals surface area contributed by atoms with Crippen LogP contribution in [-0.4, -0.2) is 32.8 Å². The Labute approximate surface area is 188 Å². The number of aliphatic carboxylic acids is 1. The van der Waals surface area contributed by atoms with E-state index in [1.807, 2.05) is 31.2 Å². The van der Waals surface area contributed by atoms with Crippen molar-refractivity contribution in [2.24, 2.45) is 0 Å². The molecule has 0 saturated carbocycles. The van der Waals surface area contributed by atoms with E-state index < -0.39 is 28.7 Å². The minimum absolute atomic E-state index is 0.164. The highest BCUT2D eigenvalue weighted by molar-refractivity contribution is 7.20. The van der Waals surface area contributed by atoms with Crippen LogP contribution in [0.2, 0.25) is 0 Å². The van der Waals surface area contributed by atoms with Crippen molar-refractivity contribution in [2.75, 3.05) is 6.61 Å². The van der Waals surface area contributed by atoms with E-state index >= 15 is 0 Å². The standard InChI is InChI=1S/C23H26N2O6S/c1-6-31-20(27)17-14(3)16-18(26)25(23(4,5)21(28)29)22(30)24(19(16)32-17)12-11-15-10-8-7-9-13(15)2/h7-10H,6,11-12H2,1-5H3,(H,28,29). The first-order valence-corrected chi connectivity index (χ1v) is 11.1. The molecule has 3 aromatic rings. The number of fused-ring (bicyclic) bond motifs is 1. The highest BCUT2D eigenvalue weighted by Crippen LogP contribution is 2.29. The lowest BCUT2D eigenvalue weighted by Gasteiger charge is -2.23. The molecular weight excluding hydrogens is 432 g/mol. The van der Waals surface area contributed by atoms with Gasteiger partial charge in [-0.25, -0.2) is 19.0 Å². The van der Waals surface area contributed by atoms with Crippen molar-refractivity contribution in [1.29, 1.82) is 0 Å². The van der Waals surface area contributed by atoms with Gasteiger partial charge in [0.2, 0.25) is 0 Å². The van der Waals surface area contributed by atoms with Crippen molar-refractivity contribution in [2.45, 2.75) is 53.1 Å². The average Bonchev–Trinajstić information content (AvgIpc) is 3.06. The Morgan fingerprint density at radius 3 is 2.41 bits per heavy atom. The van der Waals surface area contributed by atoms with E-state index in [4.69, 9.17) is 4.74 Å². The number of rotatable bonds is 7. The van der Waals surface area contributed by atoms with Gasteiger partial charge in [-0.3, -0.25) is 9.36 Å². The predicted molar refractivity (Wildman–Crippen MR) is 123 cm³/mol. The van der Waals surface area contributed by atoms with Crippen molar-refractivity contribution in [3.8, 4) is 0 Å². The monoisotopic (exact) mass is 458 g/mol. The topological polar surface area (TPSA) is 108 Å². The molecule has 0 saturated heterocycles. The first kappa shape index (κ1) is 23.5. The van der Waals surface area contributed by atoms with E-state index in [1.54, 1.807) is 13.8 Å². The van der Waals surface area contributed by atoms with Gasteiger partial charge in [-0.2, -0.15) is 0 Å². The largest absolute Gasteiger partial charge is 0.480 e. The highest BCUT2D eigenvalue weighted by Gasteiger charge is 2.35. The zero-order chi connectivity index (χ0) is 23.8. The molecule has 0 unspecified atom stereocenters. The van der Waals surface area contributed by atoms with E-state index in [1.165, 1.54) is 18.4 Å². The number of benzene rings is 1. The van der Waals surface area contributed by atoms with Crippen LogP contribution in [0.25, 0.3) is 10.2 Å². The zero-order valence-corrected chi connectivity index (χ0v) is 19.5. The number of aromatic nitrogens is 2. The molecule has 2 heterocycles. The second-order valence-corrected chi connectivity index (χ2v) is 9.07. The van der Waals surface area contributed by atoms with Crippen molar-refractivity contribution < 1.29 is 19.4 Å². The summed E-state index contributed by atoms with van der Waals surface area (Å²) in [4.78, 5) is 51.7. The molecule has 0 amide bonds. The van der Waals surface area contributed by atoms with E-state index in [0.29, 0.717) is 16.8 Å². The normalized spacial score (nSPS) is 11.7. The van der Waals surface area contributed by atoms with Crippen LogP contribution >= 0.6 is 11.3 Å². The molecular formula is C23H26N2O6S. The van der Waals surface area contributed by atoms with Crippen LogP contribution in [-0.2, 0) is 28.0 Å². The summed E-state index contributed by atoms with van der Waals surface area (Å²) in [5.41, 5.74) is -0.750. The van der Waals surface area contributed by atoms with E-state index in [-0.39, 0.29) is 23.4 Å². The fourth-order valence-corrected chi connectivity index (χ4v) is 4.86. The maximum absolute atomic E-state index is 13.4. The lowest BCUT2D eigenvalue weighted by atomic mass is 10.0. The summed E-state index contributed by atoms with van der Waals surface area (Å²) in [6.07, 6.45) is 0.499. The Morgan fingerprint density at radius 1 is 1.16 bits per heavy atom. The van der Waals surface area contributed by atoms with Gasteiger partial charge < -0.3 is 9.84 Å². The van der Waals surface area contributed by atoms with Crippen LogP contribution in [0.5, 0.6) is 0 Å². The number of carboxylic acids is 1. The van der Waals surface area contributed by atoms with Crippen molar-refractivity contribution in [1.82, 2.24) is 9.13 Å². The molecule has 0 aliphatic carbocycles. The van der Waals surface area contributed by atoms with Crippen molar-refractivity contribution in [3.63, 3.8) is 0 Å². The number of hydrogen-bond donors (Lipinski definition) is 1. The molecule has 0 aliphatic heterocycles. The second-order valence-electron chi connectivity index (χ2n) is 8.07. The van der Waals surface area contributed by atoms with Gasteiger partial charge >= 0.3 is 17.6 Å². The summed E-state index contributed by atoms with van der Waals surface area (Å²) in [6, 6.07) is 7.76. The Kier molecular flexibility index (Phi) is 6.41. The molecule has 2 aromatic heterocycles. The number of carboxylic acid groups (broad SMARTS) is 1. The number of ether oxygens (including phenoxy) is 1. The van der Waals surface area contributed by atoms with Crippen molar-refractivity contribution in [3.05, 3.63) is 66.7 Å². The minimum Gasteiger partial charge on any atom is -0.480 e. The number of esters is 1. The number of nitrogens with zero attached hydrogens (tertiary/aromatic N) is 2. The quantitative estimate of drug-likeness (QED) is 0.545. The molecule has 9 heteroatoms. The first-order chi connectivity index (χ1) is 15.0. The number of carbonyl (C=O) groups is 2. The van der Waals surface area contributed by atoms with Crippen LogP contribution in [0.3, 0.4) is 0 Å². The third-order valence-electron chi connectivity index (χ3n) is 5.62. The molecule has 0 radical (unpaired) electrons. The Morgan fingerprint density at radius 2 is 1.81 bits per heavy atom.